The van der Waals surface area contributed by atoms with Gasteiger partial charge in [0.25, 0.3) is 0 Å². The van der Waals surface area contributed by atoms with E-state index >= 15 is 0 Å². The van der Waals surface area contributed by atoms with Gasteiger partial charge in [0.1, 0.15) is 0 Å². The standard InChI is InChI=1S/C16H13N5OS2/c1-10(15(22)18-12-5-2-4-11(8-12)9-17)24-16-19-14(20-21-16)13-6-3-7-23-13/h2-8,10H,1H3,(H,18,22)(H,19,20,21)/t10-/m1/s1. The van der Waals surface area contributed by atoms with Crippen LogP contribution >= 0.6 is 23.1 Å². The number of nitrogens with zero attached hydrogens (tertiary/aromatic N) is 3. The molecule has 2 heterocycles. The molecule has 120 valence electrons. The number of hydrogen-bond acceptors (Lipinski definition) is 6. The number of thioether (sulfide) groups is 1. The van der Waals surface area contributed by atoms with Crippen molar-refractivity contribution < 1.29 is 4.79 Å². The molecular formula is C16H13N5OS2. The van der Waals surface area contributed by atoms with E-state index in [-0.39, 0.29) is 11.2 Å². The molecule has 6 nitrogen and oxygen atoms in total. The normalized spacial score (nSPS) is 11.7. The zero-order valence-corrected chi connectivity index (χ0v) is 14.3. The van der Waals surface area contributed by atoms with Crippen LogP contribution in [0.15, 0.2) is 46.9 Å². The Morgan fingerprint density at radius 2 is 2.29 bits per heavy atom. The largest absolute Gasteiger partial charge is 0.325 e. The maximum Gasteiger partial charge on any atom is 0.237 e. The van der Waals surface area contributed by atoms with Gasteiger partial charge < -0.3 is 5.32 Å². The van der Waals surface area contributed by atoms with Crippen LogP contribution < -0.4 is 5.32 Å². The fourth-order valence-corrected chi connectivity index (χ4v) is 3.33. The van der Waals surface area contributed by atoms with Gasteiger partial charge in [0.05, 0.1) is 21.8 Å². The third kappa shape index (κ3) is 3.82. The minimum atomic E-state index is -0.372. The number of carbonyl (C=O) groups is 1. The number of hydrogen-bond donors (Lipinski definition) is 2. The number of nitrogens with one attached hydrogen (secondary N) is 2. The Labute approximate surface area is 146 Å². The van der Waals surface area contributed by atoms with Crippen molar-refractivity contribution in [3.05, 3.63) is 47.3 Å². The predicted molar refractivity (Wildman–Crippen MR) is 94.8 cm³/mol. The van der Waals surface area contributed by atoms with E-state index in [1.807, 2.05) is 23.6 Å². The summed E-state index contributed by atoms with van der Waals surface area (Å²) < 4.78 is 0. The van der Waals surface area contributed by atoms with Crippen LogP contribution in [0.1, 0.15) is 12.5 Å². The first-order valence-electron chi connectivity index (χ1n) is 7.09. The summed E-state index contributed by atoms with van der Waals surface area (Å²) in [5.41, 5.74) is 1.10. The topological polar surface area (TPSA) is 94.5 Å². The Bertz CT molecular complexity index is 882. The number of carbonyl (C=O) groups excluding carboxylic acids is 1. The summed E-state index contributed by atoms with van der Waals surface area (Å²) in [4.78, 5) is 17.7. The number of H-pyrrole nitrogens is 1. The van der Waals surface area contributed by atoms with Gasteiger partial charge >= 0.3 is 0 Å². The lowest BCUT2D eigenvalue weighted by molar-refractivity contribution is -0.115. The number of nitriles is 1. The summed E-state index contributed by atoms with van der Waals surface area (Å²) in [6, 6.07) is 12.8. The molecule has 0 radical (unpaired) electrons. The first kappa shape index (κ1) is 16.2. The highest BCUT2D eigenvalue weighted by atomic mass is 32.2. The Morgan fingerprint density at radius 3 is 3.04 bits per heavy atom. The summed E-state index contributed by atoms with van der Waals surface area (Å²) in [7, 11) is 0. The van der Waals surface area contributed by atoms with Gasteiger partial charge in [-0.2, -0.15) is 5.26 Å². The molecule has 8 heteroatoms. The quantitative estimate of drug-likeness (QED) is 0.683. The minimum absolute atomic E-state index is 0.169. The highest BCUT2D eigenvalue weighted by Gasteiger charge is 2.18. The van der Waals surface area contributed by atoms with E-state index in [9.17, 15) is 4.79 Å². The predicted octanol–water partition coefficient (Wildman–Crippen LogP) is 3.52. The summed E-state index contributed by atoms with van der Waals surface area (Å²) in [5, 5.41) is 20.8. The average Bonchev–Trinajstić information content (AvgIpc) is 3.26. The van der Waals surface area contributed by atoms with Crippen LogP contribution in [0.2, 0.25) is 0 Å². The van der Waals surface area contributed by atoms with Crippen LogP contribution in [0.5, 0.6) is 0 Å². The third-order valence-electron chi connectivity index (χ3n) is 3.13. The van der Waals surface area contributed by atoms with Gasteiger partial charge in [-0.1, -0.05) is 23.9 Å². The van der Waals surface area contributed by atoms with Crippen molar-refractivity contribution in [1.82, 2.24) is 15.2 Å². The summed E-state index contributed by atoms with van der Waals surface area (Å²) in [5.74, 6) is 0.527. The molecule has 0 spiro atoms. The Hall–Kier alpha value is -2.63. The molecule has 0 aliphatic heterocycles. The van der Waals surface area contributed by atoms with E-state index in [0.29, 0.717) is 22.2 Å². The number of aromatic nitrogens is 3. The summed E-state index contributed by atoms with van der Waals surface area (Å²) in [6.45, 7) is 1.79. The molecule has 0 saturated heterocycles. The fraction of sp³-hybridized carbons (Fsp3) is 0.125. The molecule has 1 amide bonds. The highest BCUT2D eigenvalue weighted by Crippen LogP contribution is 2.25. The monoisotopic (exact) mass is 355 g/mol. The molecular weight excluding hydrogens is 342 g/mol. The van der Waals surface area contributed by atoms with E-state index in [2.05, 4.69) is 20.5 Å². The third-order valence-corrected chi connectivity index (χ3v) is 4.97. The minimum Gasteiger partial charge on any atom is -0.325 e. The van der Waals surface area contributed by atoms with Crippen molar-refractivity contribution in [3.8, 4) is 16.8 Å². The molecule has 0 saturated carbocycles. The second-order valence-corrected chi connectivity index (χ2v) is 7.14. The molecule has 1 atom stereocenters. The second kappa shape index (κ2) is 7.29. The average molecular weight is 355 g/mol. The van der Waals surface area contributed by atoms with Gasteiger partial charge in [-0.05, 0) is 36.6 Å². The van der Waals surface area contributed by atoms with Crippen LogP contribution in [0.4, 0.5) is 5.69 Å². The van der Waals surface area contributed by atoms with Crippen LogP contribution in [0, 0.1) is 11.3 Å². The molecule has 0 aliphatic rings. The fourth-order valence-electron chi connectivity index (χ4n) is 1.94. The zero-order chi connectivity index (χ0) is 16.9. The Kier molecular flexibility index (Phi) is 4.93. The molecule has 2 N–H and O–H groups in total. The number of rotatable bonds is 5. The van der Waals surface area contributed by atoms with Crippen molar-refractivity contribution in [2.24, 2.45) is 0 Å². The van der Waals surface area contributed by atoms with Crippen molar-refractivity contribution in [2.45, 2.75) is 17.3 Å². The lowest BCUT2D eigenvalue weighted by Crippen LogP contribution is -2.22. The first-order chi connectivity index (χ1) is 11.7. The molecule has 3 rings (SSSR count). The van der Waals surface area contributed by atoms with Crippen molar-refractivity contribution in [2.75, 3.05) is 5.32 Å². The molecule has 0 unspecified atom stereocenters. The number of anilines is 1. The molecule has 1 aromatic carbocycles. The lowest BCUT2D eigenvalue weighted by Gasteiger charge is -2.10. The highest BCUT2D eigenvalue weighted by molar-refractivity contribution is 8.00. The van der Waals surface area contributed by atoms with E-state index in [4.69, 9.17) is 5.26 Å². The van der Waals surface area contributed by atoms with Gasteiger partial charge in [-0.25, -0.2) is 4.98 Å². The second-order valence-electron chi connectivity index (χ2n) is 4.89. The van der Waals surface area contributed by atoms with E-state index in [1.165, 1.54) is 11.8 Å². The number of benzene rings is 1. The molecule has 0 fully saturated rings. The number of amides is 1. The Morgan fingerprint density at radius 1 is 1.42 bits per heavy atom. The molecule has 3 aromatic rings. The van der Waals surface area contributed by atoms with Gasteiger partial charge in [-0.3, -0.25) is 9.89 Å². The van der Waals surface area contributed by atoms with Crippen LogP contribution in [0.25, 0.3) is 10.7 Å². The van der Waals surface area contributed by atoms with E-state index in [0.717, 1.165) is 4.88 Å². The molecule has 24 heavy (non-hydrogen) atoms. The Balaban J connectivity index is 1.63. The van der Waals surface area contributed by atoms with Crippen LogP contribution in [-0.2, 0) is 4.79 Å². The van der Waals surface area contributed by atoms with Crippen LogP contribution in [0.3, 0.4) is 0 Å². The van der Waals surface area contributed by atoms with E-state index in [1.54, 1.807) is 42.5 Å². The summed E-state index contributed by atoms with van der Waals surface area (Å²) >= 11 is 2.84. The lowest BCUT2D eigenvalue weighted by atomic mass is 10.2. The van der Waals surface area contributed by atoms with Crippen LogP contribution in [-0.4, -0.2) is 26.3 Å². The van der Waals surface area contributed by atoms with Gasteiger partial charge in [0, 0.05) is 5.69 Å². The van der Waals surface area contributed by atoms with E-state index < -0.39 is 0 Å². The van der Waals surface area contributed by atoms with Gasteiger partial charge in [-0.15, -0.1) is 16.4 Å². The van der Waals surface area contributed by atoms with Crippen molar-refractivity contribution >= 4 is 34.7 Å². The number of thiophene rings is 1. The van der Waals surface area contributed by atoms with Gasteiger partial charge in [0.2, 0.25) is 11.1 Å². The maximum atomic E-state index is 12.3. The maximum absolute atomic E-state index is 12.3. The molecule has 2 aromatic heterocycles. The van der Waals surface area contributed by atoms with Crippen molar-refractivity contribution in [1.29, 1.82) is 5.26 Å². The molecule has 0 bridgehead atoms. The number of aromatic amines is 1. The van der Waals surface area contributed by atoms with Crippen molar-refractivity contribution in [3.63, 3.8) is 0 Å². The first-order valence-corrected chi connectivity index (χ1v) is 8.85. The summed E-state index contributed by atoms with van der Waals surface area (Å²) in [6.07, 6.45) is 0. The zero-order valence-electron chi connectivity index (χ0n) is 12.7. The van der Waals surface area contributed by atoms with Gasteiger partial charge in [0.15, 0.2) is 5.82 Å². The molecule has 0 aliphatic carbocycles. The SMILES string of the molecule is C[C@@H](Sc1n[nH]c(-c2cccs2)n1)C(=O)Nc1cccc(C#N)c1. The smallest absolute Gasteiger partial charge is 0.237 e.